The van der Waals surface area contributed by atoms with E-state index in [9.17, 15) is 0 Å². The standard InChI is InChI=1S/C14H32N2/c1-12(2,3)11-14(7,8)16-10-9-15-13(4,5)6/h15-16H,9-11H2,1-8H3. The van der Waals surface area contributed by atoms with Gasteiger partial charge in [-0.3, -0.25) is 0 Å². The molecule has 0 unspecified atom stereocenters. The normalized spacial score (nSPS) is 14.2. The number of nitrogens with one attached hydrogen (secondary N) is 2. The van der Waals surface area contributed by atoms with Gasteiger partial charge in [0.25, 0.3) is 0 Å². The lowest BCUT2D eigenvalue weighted by Crippen LogP contribution is -2.47. The second kappa shape index (κ2) is 5.50. The predicted molar refractivity (Wildman–Crippen MR) is 73.9 cm³/mol. The Morgan fingerprint density at radius 3 is 1.50 bits per heavy atom. The van der Waals surface area contributed by atoms with Crippen LogP contribution in [-0.2, 0) is 0 Å². The summed E-state index contributed by atoms with van der Waals surface area (Å²) < 4.78 is 0. The van der Waals surface area contributed by atoms with Crippen LogP contribution in [0, 0.1) is 5.41 Å². The van der Waals surface area contributed by atoms with Crippen LogP contribution in [0.5, 0.6) is 0 Å². The zero-order valence-electron chi connectivity index (χ0n) is 12.6. The van der Waals surface area contributed by atoms with E-state index in [1.165, 1.54) is 6.42 Å². The van der Waals surface area contributed by atoms with Gasteiger partial charge < -0.3 is 10.6 Å². The Kier molecular flexibility index (Phi) is 5.48. The zero-order valence-corrected chi connectivity index (χ0v) is 12.6. The Morgan fingerprint density at radius 2 is 1.12 bits per heavy atom. The highest BCUT2D eigenvalue weighted by atomic mass is 15.0. The summed E-state index contributed by atoms with van der Waals surface area (Å²) in [6.45, 7) is 20.1. The summed E-state index contributed by atoms with van der Waals surface area (Å²) in [6.07, 6.45) is 1.19. The van der Waals surface area contributed by atoms with Crippen LogP contribution in [0.15, 0.2) is 0 Å². The molecule has 2 nitrogen and oxygen atoms in total. The molecule has 0 fully saturated rings. The molecule has 0 heterocycles. The van der Waals surface area contributed by atoms with Crippen LogP contribution < -0.4 is 10.6 Å². The van der Waals surface area contributed by atoms with Gasteiger partial charge in [0.2, 0.25) is 0 Å². The molecule has 0 aliphatic rings. The molecule has 0 aliphatic carbocycles. The molecule has 0 spiro atoms. The first-order valence-corrected chi connectivity index (χ1v) is 6.41. The maximum absolute atomic E-state index is 3.63. The van der Waals surface area contributed by atoms with Gasteiger partial charge in [-0.2, -0.15) is 0 Å². The number of hydrogen-bond donors (Lipinski definition) is 2. The molecule has 2 N–H and O–H groups in total. The largest absolute Gasteiger partial charge is 0.311 e. The van der Waals surface area contributed by atoms with E-state index < -0.39 is 0 Å². The molecule has 98 valence electrons. The van der Waals surface area contributed by atoms with Gasteiger partial charge in [-0.1, -0.05) is 20.8 Å². The lowest BCUT2D eigenvalue weighted by Gasteiger charge is -2.34. The lowest BCUT2D eigenvalue weighted by molar-refractivity contribution is 0.240. The fourth-order valence-corrected chi connectivity index (χ4v) is 2.23. The first kappa shape index (κ1) is 15.9. The SMILES string of the molecule is CC(C)(C)CC(C)(C)NCCNC(C)(C)C. The molecule has 0 aliphatic heterocycles. The minimum Gasteiger partial charge on any atom is -0.311 e. The van der Waals surface area contributed by atoms with Crippen molar-refractivity contribution in [2.75, 3.05) is 13.1 Å². The van der Waals surface area contributed by atoms with E-state index in [0.29, 0.717) is 5.41 Å². The Hall–Kier alpha value is -0.0800. The van der Waals surface area contributed by atoms with E-state index in [1.807, 2.05) is 0 Å². The zero-order chi connectivity index (χ0) is 13.0. The summed E-state index contributed by atoms with van der Waals surface area (Å²) in [5, 5.41) is 7.12. The van der Waals surface area contributed by atoms with Gasteiger partial charge in [0.05, 0.1) is 0 Å². The number of rotatable bonds is 5. The summed E-state index contributed by atoms with van der Waals surface area (Å²) in [7, 11) is 0. The van der Waals surface area contributed by atoms with Crippen molar-refractivity contribution < 1.29 is 0 Å². The van der Waals surface area contributed by atoms with Crippen LogP contribution in [0.4, 0.5) is 0 Å². The van der Waals surface area contributed by atoms with Crippen LogP contribution in [0.2, 0.25) is 0 Å². The summed E-state index contributed by atoms with van der Waals surface area (Å²) in [5.41, 5.74) is 0.821. The molecular formula is C14H32N2. The van der Waals surface area contributed by atoms with Gasteiger partial charge >= 0.3 is 0 Å². The molecule has 0 amide bonds. The molecule has 0 radical (unpaired) electrons. The van der Waals surface area contributed by atoms with Crippen LogP contribution in [-0.4, -0.2) is 24.2 Å². The van der Waals surface area contributed by atoms with E-state index in [-0.39, 0.29) is 11.1 Å². The van der Waals surface area contributed by atoms with Crippen molar-refractivity contribution in [3.63, 3.8) is 0 Å². The van der Waals surface area contributed by atoms with Gasteiger partial charge in [0.15, 0.2) is 0 Å². The van der Waals surface area contributed by atoms with E-state index in [4.69, 9.17) is 0 Å². The highest BCUT2D eigenvalue weighted by Gasteiger charge is 2.24. The Bertz CT molecular complexity index is 194. The first-order valence-electron chi connectivity index (χ1n) is 6.41. The van der Waals surface area contributed by atoms with Gasteiger partial charge in [-0.15, -0.1) is 0 Å². The van der Waals surface area contributed by atoms with Crippen molar-refractivity contribution in [1.29, 1.82) is 0 Å². The highest BCUT2D eigenvalue weighted by Crippen LogP contribution is 2.26. The predicted octanol–water partition coefficient (Wildman–Crippen LogP) is 3.18. The quantitative estimate of drug-likeness (QED) is 0.706. The summed E-state index contributed by atoms with van der Waals surface area (Å²) in [5.74, 6) is 0. The van der Waals surface area contributed by atoms with Crippen molar-refractivity contribution in [3.05, 3.63) is 0 Å². The molecule has 0 aromatic carbocycles. The molecule has 0 aromatic rings. The monoisotopic (exact) mass is 228 g/mol. The third-order valence-electron chi connectivity index (χ3n) is 2.36. The molecule has 2 heteroatoms. The van der Waals surface area contributed by atoms with Crippen molar-refractivity contribution in [2.24, 2.45) is 5.41 Å². The van der Waals surface area contributed by atoms with E-state index in [1.54, 1.807) is 0 Å². The molecule has 0 rings (SSSR count). The minimum absolute atomic E-state index is 0.218. The van der Waals surface area contributed by atoms with Crippen molar-refractivity contribution >= 4 is 0 Å². The average molecular weight is 228 g/mol. The fourth-order valence-electron chi connectivity index (χ4n) is 2.23. The highest BCUT2D eigenvalue weighted by molar-refractivity contribution is 4.83. The second-order valence-corrected chi connectivity index (χ2v) is 7.72. The van der Waals surface area contributed by atoms with Crippen LogP contribution in [0.25, 0.3) is 0 Å². The smallest absolute Gasteiger partial charge is 0.0130 e. The van der Waals surface area contributed by atoms with E-state index in [2.05, 4.69) is 66.0 Å². The minimum atomic E-state index is 0.218. The van der Waals surface area contributed by atoms with Crippen molar-refractivity contribution in [2.45, 2.75) is 72.9 Å². The Morgan fingerprint density at radius 1 is 0.688 bits per heavy atom. The second-order valence-electron chi connectivity index (χ2n) is 7.72. The van der Waals surface area contributed by atoms with E-state index in [0.717, 1.165) is 13.1 Å². The topological polar surface area (TPSA) is 24.1 Å². The molecule has 16 heavy (non-hydrogen) atoms. The third kappa shape index (κ3) is 10.4. The first-order chi connectivity index (χ1) is 6.91. The van der Waals surface area contributed by atoms with Crippen molar-refractivity contribution in [3.8, 4) is 0 Å². The van der Waals surface area contributed by atoms with Crippen LogP contribution >= 0.6 is 0 Å². The van der Waals surface area contributed by atoms with Gasteiger partial charge in [-0.25, -0.2) is 0 Å². The van der Waals surface area contributed by atoms with Gasteiger partial charge in [0, 0.05) is 24.2 Å². The average Bonchev–Trinajstić information content (AvgIpc) is 1.91. The third-order valence-corrected chi connectivity index (χ3v) is 2.36. The summed E-state index contributed by atoms with van der Waals surface area (Å²) in [4.78, 5) is 0. The fraction of sp³-hybridized carbons (Fsp3) is 1.00. The van der Waals surface area contributed by atoms with Gasteiger partial charge in [-0.05, 0) is 46.5 Å². The molecule has 0 atom stereocenters. The van der Waals surface area contributed by atoms with Crippen molar-refractivity contribution in [1.82, 2.24) is 10.6 Å². The summed E-state index contributed by atoms with van der Waals surface area (Å²) in [6, 6.07) is 0. The molecule has 0 bridgehead atoms. The maximum Gasteiger partial charge on any atom is 0.0130 e. The summed E-state index contributed by atoms with van der Waals surface area (Å²) >= 11 is 0. The lowest BCUT2D eigenvalue weighted by atomic mass is 9.82. The van der Waals surface area contributed by atoms with Gasteiger partial charge in [0.1, 0.15) is 0 Å². The maximum atomic E-state index is 3.63. The molecule has 0 saturated carbocycles. The molecule has 0 aromatic heterocycles. The molecular weight excluding hydrogens is 196 g/mol. The van der Waals surface area contributed by atoms with E-state index >= 15 is 0 Å². The molecule has 0 saturated heterocycles. The Labute approximate surface area is 103 Å². The Balaban J connectivity index is 3.83. The number of hydrogen-bond acceptors (Lipinski definition) is 2. The van der Waals surface area contributed by atoms with Crippen LogP contribution in [0.1, 0.15) is 61.8 Å². The van der Waals surface area contributed by atoms with Crippen LogP contribution in [0.3, 0.4) is 0 Å².